The molecule has 0 unspecified atom stereocenters. The maximum absolute atomic E-state index is 12.8. The number of anilines is 1. The first-order chi connectivity index (χ1) is 12.0. The highest BCUT2D eigenvalue weighted by Crippen LogP contribution is 2.30. The van der Waals surface area contributed by atoms with E-state index >= 15 is 0 Å². The Bertz CT molecular complexity index is 623. The number of carbonyl (C=O) groups is 1. The molecule has 9 heteroatoms. The second-order valence-corrected chi connectivity index (χ2v) is 7.58. The largest absolute Gasteiger partial charge is 0.444 e. The lowest BCUT2D eigenvalue weighted by molar-refractivity contribution is -0.141. The first-order valence-electron chi connectivity index (χ1n) is 8.64. The lowest BCUT2D eigenvalue weighted by atomic mass is 9.81. The Labute approximate surface area is 150 Å². The molecule has 0 bridgehead atoms. The SMILES string of the molecule is CC(C)(C)OC(=O)NC1(CNc2nccc(C(F)(F)F)n2)CCCCC1. The zero-order valence-corrected chi connectivity index (χ0v) is 15.2. The van der Waals surface area contributed by atoms with E-state index in [1.807, 2.05) is 0 Å². The molecule has 0 spiro atoms. The molecule has 146 valence electrons. The lowest BCUT2D eigenvalue weighted by Gasteiger charge is -2.38. The van der Waals surface area contributed by atoms with Gasteiger partial charge in [-0.25, -0.2) is 14.8 Å². The van der Waals surface area contributed by atoms with Gasteiger partial charge in [-0.05, 0) is 39.7 Å². The smallest absolute Gasteiger partial charge is 0.433 e. The number of aromatic nitrogens is 2. The number of hydrogen-bond acceptors (Lipinski definition) is 5. The van der Waals surface area contributed by atoms with E-state index < -0.39 is 29.1 Å². The molecule has 1 aliphatic rings. The molecule has 1 aromatic rings. The Balaban J connectivity index is 2.07. The van der Waals surface area contributed by atoms with Gasteiger partial charge in [-0.1, -0.05) is 19.3 Å². The average Bonchev–Trinajstić information content (AvgIpc) is 2.51. The monoisotopic (exact) mass is 374 g/mol. The van der Waals surface area contributed by atoms with Crippen molar-refractivity contribution in [2.45, 2.75) is 70.2 Å². The van der Waals surface area contributed by atoms with E-state index in [1.54, 1.807) is 20.8 Å². The summed E-state index contributed by atoms with van der Waals surface area (Å²) in [6.45, 7) is 5.55. The molecule has 1 amide bonds. The summed E-state index contributed by atoms with van der Waals surface area (Å²) in [5.41, 5.74) is -2.23. The van der Waals surface area contributed by atoms with Crippen molar-refractivity contribution < 1.29 is 22.7 Å². The van der Waals surface area contributed by atoms with Crippen LogP contribution in [-0.2, 0) is 10.9 Å². The summed E-state index contributed by atoms with van der Waals surface area (Å²) in [5, 5.41) is 5.75. The van der Waals surface area contributed by atoms with Crippen molar-refractivity contribution in [3.8, 4) is 0 Å². The molecule has 0 aliphatic heterocycles. The van der Waals surface area contributed by atoms with Crippen LogP contribution in [0.2, 0.25) is 0 Å². The molecule has 0 atom stereocenters. The third-order valence-electron chi connectivity index (χ3n) is 4.11. The van der Waals surface area contributed by atoms with E-state index in [0.29, 0.717) is 12.8 Å². The second-order valence-electron chi connectivity index (χ2n) is 7.58. The van der Waals surface area contributed by atoms with Crippen molar-refractivity contribution in [3.63, 3.8) is 0 Å². The van der Waals surface area contributed by atoms with E-state index in [4.69, 9.17) is 4.74 Å². The number of amides is 1. The molecule has 1 aliphatic carbocycles. The fourth-order valence-electron chi connectivity index (χ4n) is 2.94. The van der Waals surface area contributed by atoms with Crippen LogP contribution in [-0.4, -0.2) is 33.7 Å². The molecule has 1 fully saturated rings. The topological polar surface area (TPSA) is 76.1 Å². The van der Waals surface area contributed by atoms with Gasteiger partial charge >= 0.3 is 12.3 Å². The first kappa shape index (κ1) is 20.3. The number of carbonyl (C=O) groups excluding carboxylic acids is 1. The quantitative estimate of drug-likeness (QED) is 0.829. The van der Waals surface area contributed by atoms with Crippen molar-refractivity contribution in [2.75, 3.05) is 11.9 Å². The zero-order chi connectivity index (χ0) is 19.4. The molecule has 0 saturated heterocycles. The van der Waals surface area contributed by atoms with Crippen LogP contribution in [0.4, 0.5) is 23.9 Å². The number of ether oxygens (including phenoxy) is 1. The van der Waals surface area contributed by atoms with Gasteiger partial charge < -0.3 is 15.4 Å². The Morgan fingerprint density at radius 1 is 1.23 bits per heavy atom. The summed E-state index contributed by atoms with van der Waals surface area (Å²) in [5.74, 6) is -0.115. The van der Waals surface area contributed by atoms with Gasteiger partial charge in [0, 0.05) is 12.7 Å². The van der Waals surface area contributed by atoms with Gasteiger partial charge in [0.25, 0.3) is 0 Å². The number of alkyl halides is 3. The van der Waals surface area contributed by atoms with Crippen LogP contribution in [0, 0.1) is 0 Å². The predicted molar refractivity (Wildman–Crippen MR) is 90.7 cm³/mol. The molecular formula is C17H25F3N4O2. The van der Waals surface area contributed by atoms with Crippen LogP contribution >= 0.6 is 0 Å². The Kier molecular flexibility index (Phi) is 5.98. The van der Waals surface area contributed by atoms with Gasteiger partial charge in [0.1, 0.15) is 11.3 Å². The van der Waals surface area contributed by atoms with Crippen molar-refractivity contribution >= 4 is 12.0 Å². The molecule has 1 saturated carbocycles. The molecule has 6 nitrogen and oxygen atoms in total. The van der Waals surface area contributed by atoms with Crippen LogP contribution in [0.1, 0.15) is 58.6 Å². The lowest BCUT2D eigenvalue weighted by Crippen LogP contribution is -2.55. The van der Waals surface area contributed by atoms with E-state index in [-0.39, 0.29) is 12.5 Å². The second kappa shape index (κ2) is 7.67. The number of halogens is 3. The van der Waals surface area contributed by atoms with Crippen molar-refractivity contribution in [1.29, 1.82) is 0 Å². The molecule has 26 heavy (non-hydrogen) atoms. The van der Waals surface area contributed by atoms with E-state index in [2.05, 4.69) is 20.6 Å². The first-order valence-corrected chi connectivity index (χ1v) is 8.64. The molecule has 0 aromatic carbocycles. The number of hydrogen-bond donors (Lipinski definition) is 2. The fraction of sp³-hybridized carbons (Fsp3) is 0.706. The number of alkyl carbamates (subject to hydrolysis) is 1. The van der Waals surface area contributed by atoms with Crippen molar-refractivity contribution in [3.05, 3.63) is 18.0 Å². The number of rotatable bonds is 4. The molecule has 2 rings (SSSR count). The maximum Gasteiger partial charge on any atom is 0.433 e. The van der Waals surface area contributed by atoms with Crippen molar-refractivity contribution in [2.24, 2.45) is 0 Å². The highest BCUT2D eigenvalue weighted by molar-refractivity contribution is 5.69. The summed E-state index contributed by atoms with van der Waals surface area (Å²) in [6.07, 6.45) is 0.297. The van der Waals surface area contributed by atoms with Crippen LogP contribution in [0.15, 0.2) is 12.3 Å². The molecule has 1 heterocycles. The van der Waals surface area contributed by atoms with Crippen molar-refractivity contribution in [1.82, 2.24) is 15.3 Å². The van der Waals surface area contributed by atoms with Gasteiger partial charge in [0.15, 0.2) is 0 Å². The number of nitrogens with one attached hydrogen (secondary N) is 2. The number of nitrogens with zero attached hydrogens (tertiary/aromatic N) is 2. The Morgan fingerprint density at radius 3 is 2.46 bits per heavy atom. The highest BCUT2D eigenvalue weighted by Gasteiger charge is 2.36. The van der Waals surface area contributed by atoms with E-state index in [0.717, 1.165) is 31.5 Å². The van der Waals surface area contributed by atoms with Crippen LogP contribution < -0.4 is 10.6 Å². The van der Waals surface area contributed by atoms with Gasteiger partial charge in [0.05, 0.1) is 5.54 Å². The predicted octanol–water partition coefficient (Wildman–Crippen LogP) is 4.13. The molecule has 1 aromatic heterocycles. The summed E-state index contributed by atoms with van der Waals surface area (Å²) < 4.78 is 43.7. The standard InChI is InChI=1S/C17H25F3N4O2/c1-15(2,3)26-14(25)24-16(8-5-4-6-9-16)11-22-13-21-10-7-12(23-13)17(18,19)20/h7,10H,4-6,8-9,11H2,1-3H3,(H,24,25)(H,21,22,23). The fourth-order valence-corrected chi connectivity index (χ4v) is 2.94. The average molecular weight is 374 g/mol. The van der Waals surface area contributed by atoms with E-state index in [9.17, 15) is 18.0 Å². The molecule has 0 radical (unpaired) electrons. The van der Waals surface area contributed by atoms with Gasteiger partial charge in [-0.15, -0.1) is 0 Å². The summed E-state index contributed by atoms with van der Waals surface area (Å²) in [4.78, 5) is 19.5. The maximum atomic E-state index is 12.8. The van der Waals surface area contributed by atoms with Crippen LogP contribution in [0.25, 0.3) is 0 Å². The van der Waals surface area contributed by atoms with E-state index in [1.165, 1.54) is 0 Å². The van der Waals surface area contributed by atoms with Crippen LogP contribution in [0.3, 0.4) is 0 Å². The summed E-state index contributed by atoms with van der Waals surface area (Å²) in [7, 11) is 0. The zero-order valence-electron chi connectivity index (χ0n) is 15.2. The van der Waals surface area contributed by atoms with Gasteiger partial charge in [-0.2, -0.15) is 13.2 Å². The van der Waals surface area contributed by atoms with Gasteiger partial charge in [0.2, 0.25) is 5.95 Å². The summed E-state index contributed by atoms with van der Waals surface area (Å²) >= 11 is 0. The third kappa shape index (κ3) is 6.03. The minimum absolute atomic E-state index is 0.115. The van der Waals surface area contributed by atoms with Crippen LogP contribution in [0.5, 0.6) is 0 Å². The van der Waals surface area contributed by atoms with Gasteiger partial charge in [-0.3, -0.25) is 0 Å². The highest BCUT2D eigenvalue weighted by atomic mass is 19.4. The Hall–Kier alpha value is -2.06. The molecular weight excluding hydrogens is 349 g/mol. The minimum Gasteiger partial charge on any atom is -0.444 e. The third-order valence-corrected chi connectivity index (χ3v) is 4.11. The normalized spacial score (nSPS) is 17.5. The Morgan fingerprint density at radius 2 is 1.88 bits per heavy atom. The summed E-state index contributed by atoms with van der Waals surface area (Å²) in [6, 6.07) is 0.820. The molecule has 2 N–H and O–H groups in total. The minimum atomic E-state index is -4.53.